The van der Waals surface area contributed by atoms with Crippen LogP contribution in [0.4, 0.5) is 5.69 Å². The molecule has 0 saturated heterocycles. The molecule has 1 saturated carbocycles. The van der Waals surface area contributed by atoms with Gasteiger partial charge in [0.15, 0.2) is 0 Å². The van der Waals surface area contributed by atoms with E-state index in [0.717, 1.165) is 17.3 Å². The molecule has 0 bridgehead atoms. The number of rotatable bonds is 3. The number of anilines is 1. The number of imidazole rings is 1. The van der Waals surface area contributed by atoms with Crippen molar-refractivity contribution in [1.29, 1.82) is 0 Å². The number of hydrogen-bond acceptors (Lipinski definition) is 2. The lowest BCUT2D eigenvalue weighted by Gasteiger charge is -2.28. The molecule has 20 heavy (non-hydrogen) atoms. The first-order chi connectivity index (χ1) is 9.72. The SMILES string of the molecule is CC1CCCC(Nc2ccc(-n3cc[nH]c3=O)cc2)C1. The van der Waals surface area contributed by atoms with E-state index in [2.05, 4.69) is 17.2 Å². The molecule has 4 nitrogen and oxygen atoms in total. The highest BCUT2D eigenvalue weighted by molar-refractivity contribution is 5.49. The van der Waals surface area contributed by atoms with Crippen molar-refractivity contribution in [3.8, 4) is 5.69 Å². The van der Waals surface area contributed by atoms with Crippen LogP contribution in [0.15, 0.2) is 41.5 Å². The van der Waals surface area contributed by atoms with Crippen LogP contribution < -0.4 is 11.0 Å². The molecule has 2 N–H and O–H groups in total. The van der Waals surface area contributed by atoms with Gasteiger partial charge in [-0.1, -0.05) is 19.8 Å². The summed E-state index contributed by atoms with van der Waals surface area (Å²) in [4.78, 5) is 14.2. The lowest BCUT2D eigenvalue weighted by Crippen LogP contribution is -2.26. The number of hydrogen-bond donors (Lipinski definition) is 2. The molecule has 1 heterocycles. The Morgan fingerprint density at radius 3 is 2.70 bits per heavy atom. The van der Waals surface area contributed by atoms with Gasteiger partial charge in [0.25, 0.3) is 0 Å². The van der Waals surface area contributed by atoms with Crippen molar-refractivity contribution in [1.82, 2.24) is 9.55 Å². The van der Waals surface area contributed by atoms with E-state index in [4.69, 9.17) is 0 Å². The van der Waals surface area contributed by atoms with Crippen LogP contribution in [0.1, 0.15) is 32.6 Å². The number of benzene rings is 1. The summed E-state index contributed by atoms with van der Waals surface area (Å²) in [6, 6.07) is 8.63. The van der Waals surface area contributed by atoms with Crippen molar-refractivity contribution in [2.45, 2.75) is 38.6 Å². The van der Waals surface area contributed by atoms with Crippen LogP contribution in [0.2, 0.25) is 0 Å². The molecular formula is C16H21N3O. The van der Waals surface area contributed by atoms with Crippen molar-refractivity contribution >= 4 is 5.69 Å². The van der Waals surface area contributed by atoms with E-state index in [1.54, 1.807) is 17.0 Å². The van der Waals surface area contributed by atoms with E-state index in [0.29, 0.717) is 6.04 Å². The van der Waals surface area contributed by atoms with E-state index in [1.165, 1.54) is 25.7 Å². The minimum absolute atomic E-state index is 0.105. The first-order valence-electron chi connectivity index (χ1n) is 7.35. The summed E-state index contributed by atoms with van der Waals surface area (Å²) < 4.78 is 1.60. The molecule has 2 atom stereocenters. The number of aromatic nitrogens is 2. The second-order valence-electron chi connectivity index (χ2n) is 5.80. The molecule has 1 fully saturated rings. The maximum atomic E-state index is 11.5. The number of H-pyrrole nitrogens is 1. The van der Waals surface area contributed by atoms with E-state index < -0.39 is 0 Å². The molecular weight excluding hydrogens is 250 g/mol. The van der Waals surface area contributed by atoms with Crippen molar-refractivity contribution in [2.24, 2.45) is 5.92 Å². The largest absolute Gasteiger partial charge is 0.382 e. The average Bonchev–Trinajstić information content (AvgIpc) is 2.86. The van der Waals surface area contributed by atoms with Crippen LogP contribution >= 0.6 is 0 Å². The third-order valence-corrected chi connectivity index (χ3v) is 4.10. The summed E-state index contributed by atoms with van der Waals surface area (Å²) in [7, 11) is 0. The van der Waals surface area contributed by atoms with Crippen LogP contribution in [-0.4, -0.2) is 15.6 Å². The van der Waals surface area contributed by atoms with Crippen LogP contribution in [0.3, 0.4) is 0 Å². The Balaban J connectivity index is 1.70. The highest BCUT2D eigenvalue weighted by Crippen LogP contribution is 2.26. The molecule has 1 aliphatic rings. The Morgan fingerprint density at radius 2 is 2.05 bits per heavy atom. The summed E-state index contributed by atoms with van der Waals surface area (Å²) in [5.74, 6) is 0.818. The van der Waals surface area contributed by atoms with Crippen LogP contribution in [0.5, 0.6) is 0 Å². The Morgan fingerprint density at radius 1 is 1.25 bits per heavy atom. The van der Waals surface area contributed by atoms with Gasteiger partial charge in [-0.3, -0.25) is 4.57 Å². The molecule has 1 aliphatic carbocycles. The van der Waals surface area contributed by atoms with Gasteiger partial charge in [0, 0.05) is 24.1 Å². The van der Waals surface area contributed by atoms with Crippen LogP contribution in [0.25, 0.3) is 5.69 Å². The van der Waals surface area contributed by atoms with Crippen molar-refractivity contribution in [3.05, 3.63) is 47.1 Å². The minimum atomic E-state index is -0.105. The molecule has 2 unspecified atom stereocenters. The zero-order valence-corrected chi connectivity index (χ0v) is 11.8. The lowest BCUT2D eigenvalue weighted by atomic mass is 9.87. The molecule has 3 rings (SSSR count). The minimum Gasteiger partial charge on any atom is -0.382 e. The van der Waals surface area contributed by atoms with Crippen molar-refractivity contribution in [2.75, 3.05) is 5.32 Å². The summed E-state index contributed by atoms with van der Waals surface area (Å²) in [5, 5.41) is 3.60. The second-order valence-corrected chi connectivity index (χ2v) is 5.80. The molecule has 1 aromatic heterocycles. The molecule has 0 radical (unpaired) electrons. The van der Waals surface area contributed by atoms with Crippen LogP contribution in [0, 0.1) is 5.92 Å². The van der Waals surface area contributed by atoms with Crippen molar-refractivity contribution < 1.29 is 0 Å². The Labute approximate surface area is 118 Å². The first-order valence-corrected chi connectivity index (χ1v) is 7.35. The van der Waals surface area contributed by atoms with Gasteiger partial charge in [0.05, 0.1) is 5.69 Å². The number of aromatic amines is 1. The maximum Gasteiger partial charge on any atom is 0.330 e. The number of nitrogens with one attached hydrogen (secondary N) is 2. The number of nitrogens with zero attached hydrogens (tertiary/aromatic N) is 1. The fraction of sp³-hybridized carbons (Fsp3) is 0.438. The summed E-state index contributed by atoms with van der Waals surface area (Å²) in [6.07, 6.45) is 8.57. The van der Waals surface area contributed by atoms with E-state index in [-0.39, 0.29) is 5.69 Å². The average molecular weight is 271 g/mol. The second kappa shape index (κ2) is 5.57. The third kappa shape index (κ3) is 2.79. The van der Waals surface area contributed by atoms with Crippen LogP contribution in [-0.2, 0) is 0 Å². The van der Waals surface area contributed by atoms with Gasteiger partial charge in [-0.15, -0.1) is 0 Å². The van der Waals surface area contributed by atoms with E-state index in [9.17, 15) is 4.79 Å². The Kier molecular flexibility index (Phi) is 3.63. The van der Waals surface area contributed by atoms with Gasteiger partial charge in [-0.25, -0.2) is 4.79 Å². The standard InChI is InChI=1S/C16H21N3O/c1-12-3-2-4-14(11-12)18-13-5-7-15(8-6-13)19-10-9-17-16(19)20/h5-10,12,14,18H,2-4,11H2,1H3,(H,17,20). The highest BCUT2D eigenvalue weighted by Gasteiger charge is 2.18. The quantitative estimate of drug-likeness (QED) is 0.901. The highest BCUT2D eigenvalue weighted by atomic mass is 16.1. The third-order valence-electron chi connectivity index (χ3n) is 4.10. The Bertz CT molecular complexity index is 611. The molecule has 0 amide bonds. The fourth-order valence-electron chi connectivity index (χ4n) is 3.04. The molecule has 0 aliphatic heterocycles. The molecule has 2 aromatic rings. The monoisotopic (exact) mass is 271 g/mol. The summed E-state index contributed by atoms with van der Waals surface area (Å²) >= 11 is 0. The van der Waals surface area contributed by atoms with Gasteiger partial charge in [-0.2, -0.15) is 0 Å². The van der Waals surface area contributed by atoms with Gasteiger partial charge in [-0.05, 0) is 43.0 Å². The first kappa shape index (κ1) is 13.0. The summed E-state index contributed by atoms with van der Waals surface area (Å²) in [5.41, 5.74) is 1.92. The van der Waals surface area contributed by atoms with Gasteiger partial charge >= 0.3 is 5.69 Å². The summed E-state index contributed by atoms with van der Waals surface area (Å²) in [6.45, 7) is 2.33. The smallest absolute Gasteiger partial charge is 0.330 e. The normalized spacial score (nSPS) is 22.6. The van der Waals surface area contributed by atoms with Gasteiger partial charge < -0.3 is 10.3 Å². The lowest BCUT2D eigenvalue weighted by molar-refractivity contribution is 0.358. The predicted molar refractivity (Wildman–Crippen MR) is 81.4 cm³/mol. The fourth-order valence-corrected chi connectivity index (χ4v) is 3.04. The van der Waals surface area contributed by atoms with Gasteiger partial charge in [0.1, 0.15) is 0 Å². The molecule has 0 spiro atoms. The van der Waals surface area contributed by atoms with E-state index in [1.807, 2.05) is 24.3 Å². The molecule has 106 valence electrons. The zero-order valence-electron chi connectivity index (χ0n) is 11.8. The topological polar surface area (TPSA) is 49.8 Å². The van der Waals surface area contributed by atoms with Gasteiger partial charge in [0.2, 0.25) is 0 Å². The maximum absolute atomic E-state index is 11.5. The zero-order chi connectivity index (χ0) is 13.9. The molecule has 1 aromatic carbocycles. The van der Waals surface area contributed by atoms with E-state index >= 15 is 0 Å². The van der Waals surface area contributed by atoms with Crippen molar-refractivity contribution in [3.63, 3.8) is 0 Å². The Hall–Kier alpha value is -1.97. The molecule has 4 heteroatoms. The predicted octanol–water partition coefficient (Wildman–Crippen LogP) is 3.16.